The summed E-state index contributed by atoms with van der Waals surface area (Å²) < 4.78 is 0. The monoisotopic (exact) mass is 284 g/mol. The number of hydrogen-bond acceptors (Lipinski definition) is 3. The molecule has 2 rings (SSSR count). The number of rotatable bonds is 5. The molecular formula is C18H20O3. The zero-order valence-electron chi connectivity index (χ0n) is 12.4. The van der Waals surface area contributed by atoms with E-state index in [4.69, 9.17) is 0 Å². The van der Waals surface area contributed by atoms with Gasteiger partial charge >= 0.3 is 0 Å². The van der Waals surface area contributed by atoms with Crippen molar-refractivity contribution in [3.8, 4) is 0 Å². The molecule has 0 saturated heterocycles. The minimum Gasteiger partial charge on any atom is -0.298 e. The standard InChI is InChI=1S/C18H20O3/c1-5-7-14-11-17(8-6-2)9-12(3)10-18(13(4)19,15(14)20)16(17)21/h5-6,11H,1-3,7-10H2,4H3/t17-,18-/m0/s1. The number of ketones is 3. The van der Waals surface area contributed by atoms with E-state index in [1.807, 2.05) is 0 Å². The molecule has 1 fully saturated rings. The van der Waals surface area contributed by atoms with Crippen LogP contribution in [0, 0.1) is 10.8 Å². The fourth-order valence-corrected chi connectivity index (χ4v) is 3.67. The van der Waals surface area contributed by atoms with Crippen molar-refractivity contribution in [2.24, 2.45) is 10.8 Å². The van der Waals surface area contributed by atoms with Gasteiger partial charge in [0.05, 0.1) is 5.41 Å². The van der Waals surface area contributed by atoms with Crippen LogP contribution in [0.25, 0.3) is 0 Å². The average Bonchev–Trinajstić information content (AvgIpc) is 2.40. The summed E-state index contributed by atoms with van der Waals surface area (Å²) in [5.74, 6) is -1.05. The van der Waals surface area contributed by atoms with Crippen LogP contribution in [-0.2, 0) is 14.4 Å². The normalized spacial score (nSPS) is 31.7. The molecule has 3 nitrogen and oxygen atoms in total. The van der Waals surface area contributed by atoms with Crippen LogP contribution >= 0.6 is 0 Å². The van der Waals surface area contributed by atoms with Gasteiger partial charge in [-0.15, -0.1) is 13.2 Å². The Bertz CT molecular complexity index is 608. The Kier molecular flexibility index (Phi) is 3.70. The van der Waals surface area contributed by atoms with Crippen molar-refractivity contribution in [2.45, 2.75) is 32.6 Å². The first kappa shape index (κ1) is 15.4. The minimum atomic E-state index is -1.58. The molecule has 2 aliphatic rings. The van der Waals surface area contributed by atoms with Gasteiger partial charge in [0, 0.05) is 0 Å². The minimum absolute atomic E-state index is 0.132. The third-order valence-corrected chi connectivity index (χ3v) is 4.52. The van der Waals surface area contributed by atoms with E-state index in [2.05, 4.69) is 19.7 Å². The molecule has 0 aromatic heterocycles. The number of carbonyl (C=O) groups is 3. The van der Waals surface area contributed by atoms with Crippen LogP contribution in [0.1, 0.15) is 32.6 Å². The maximum absolute atomic E-state index is 13.0. The zero-order valence-corrected chi connectivity index (χ0v) is 12.4. The van der Waals surface area contributed by atoms with Crippen LogP contribution in [0.5, 0.6) is 0 Å². The van der Waals surface area contributed by atoms with Gasteiger partial charge in [0.1, 0.15) is 0 Å². The summed E-state index contributed by atoms with van der Waals surface area (Å²) >= 11 is 0. The lowest BCUT2D eigenvalue weighted by molar-refractivity contribution is -0.154. The van der Waals surface area contributed by atoms with Crippen molar-refractivity contribution in [1.29, 1.82) is 0 Å². The third kappa shape index (κ3) is 1.99. The van der Waals surface area contributed by atoms with E-state index in [0.29, 0.717) is 24.8 Å². The quantitative estimate of drug-likeness (QED) is 0.575. The summed E-state index contributed by atoms with van der Waals surface area (Å²) in [7, 11) is 0. The summed E-state index contributed by atoms with van der Waals surface area (Å²) in [6.07, 6.45) is 6.40. The van der Waals surface area contributed by atoms with Crippen LogP contribution < -0.4 is 0 Å². The second-order valence-corrected chi connectivity index (χ2v) is 6.03. The van der Waals surface area contributed by atoms with Crippen molar-refractivity contribution in [1.82, 2.24) is 0 Å². The molecule has 1 saturated carbocycles. The highest BCUT2D eigenvalue weighted by Crippen LogP contribution is 2.54. The molecule has 2 bridgehead atoms. The van der Waals surface area contributed by atoms with Crippen LogP contribution in [0.15, 0.2) is 49.1 Å². The summed E-state index contributed by atoms with van der Waals surface area (Å²) in [6.45, 7) is 12.6. The first-order chi connectivity index (χ1) is 9.84. The third-order valence-electron chi connectivity index (χ3n) is 4.52. The Labute approximate surface area is 125 Å². The van der Waals surface area contributed by atoms with Gasteiger partial charge in [0.15, 0.2) is 22.8 Å². The van der Waals surface area contributed by atoms with Crippen molar-refractivity contribution in [3.63, 3.8) is 0 Å². The van der Waals surface area contributed by atoms with E-state index in [1.165, 1.54) is 6.92 Å². The Balaban J connectivity index is 2.74. The van der Waals surface area contributed by atoms with Gasteiger partial charge < -0.3 is 0 Å². The maximum Gasteiger partial charge on any atom is 0.180 e. The van der Waals surface area contributed by atoms with Gasteiger partial charge in [0.2, 0.25) is 0 Å². The Morgan fingerprint density at radius 1 is 1.29 bits per heavy atom. The summed E-state index contributed by atoms with van der Waals surface area (Å²) in [4.78, 5) is 38.0. The number of fused-ring (bicyclic) bond motifs is 2. The van der Waals surface area contributed by atoms with Crippen molar-refractivity contribution < 1.29 is 14.4 Å². The van der Waals surface area contributed by atoms with Crippen molar-refractivity contribution in [2.75, 3.05) is 0 Å². The molecule has 0 radical (unpaired) electrons. The summed E-state index contributed by atoms with van der Waals surface area (Å²) in [5.41, 5.74) is -1.15. The van der Waals surface area contributed by atoms with Crippen molar-refractivity contribution in [3.05, 3.63) is 49.1 Å². The van der Waals surface area contributed by atoms with Gasteiger partial charge in [-0.25, -0.2) is 0 Å². The molecule has 2 aliphatic carbocycles. The van der Waals surface area contributed by atoms with E-state index in [9.17, 15) is 14.4 Å². The zero-order chi connectivity index (χ0) is 15.8. The van der Waals surface area contributed by atoms with E-state index < -0.39 is 10.8 Å². The molecule has 3 heteroatoms. The molecule has 0 aromatic carbocycles. The number of carbonyl (C=O) groups excluding carboxylic acids is 3. The SMILES string of the molecule is C=CCC1=C[C@]2(CC=C)CC(=C)C[C@](C(C)=O)(C1=O)C2=O. The van der Waals surface area contributed by atoms with E-state index in [1.54, 1.807) is 18.2 Å². The smallest absolute Gasteiger partial charge is 0.180 e. The number of allylic oxidation sites excluding steroid dienone is 5. The van der Waals surface area contributed by atoms with Gasteiger partial charge in [-0.3, -0.25) is 14.4 Å². The molecule has 0 aromatic rings. The Hall–Kier alpha value is -2.03. The lowest BCUT2D eigenvalue weighted by Gasteiger charge is -2.47. The largest absolute Gasteiger partial charge is 0.298 e. The molecule has 0 heterocycles. The molecule has 0 spiro atoms. The molecular weight excluding hydrogens is 264 g/mol. The van der Waals surface area contributed by atoms with E-state index in [-0.39, 0.29) is 23.8 Å². The lowest BCUT2D eigenvalue weighted by atomic mass is 9.51. The molecule has 2 atom stereocenters. The Morgan fingerprint density at radius 2 is 1.95 bits per heavy atom. The molecule has 0 unspecified atom stereocenters. The first-order valence-corrected chi connectivity index (χ1v) is 7.05. The van der Waals surface area contributed by atoms with Crippen LogP contribution in [-0.4, -0.2) is 17.3 Å². The topological polar surface area (TPSA) is 51.2 Å². The fraction of sp³-hybridized carbons (Fsp3) is 0.389. The predicted octanol–water partition coefficient (Wildman–Crippen LogP) is 3.13. The maximum atomic E-state index is 13.0. The van der Waals surface area contributed by atoms with Gasteiger partial charge in [-0.05, 0) is 38.2 Å². The van der Waals surface area contributed by atoms with Gasteiger partial charge in [0.25, 0.3) is 0 Å². The summed E-state index contributed by atoms with van der Waals surface area (Å²) in [6, 6.07) is 0. The average molecular weight is 284 g/mol. The number of Topliss-reactive ketones (excluding diaryl/α,β-unsaturated/α-hetero) is 3. The first-order valence-electron chi connectivity index (χ1n) is 7.05. The highest BCUT2D eigenvalue weighted by atomic mass is 16.2. The predicted molar refractivity (Wildman–Crippen MR) is 81.6 cm³/mol. The van der Waals surface area contributed by atoms with E-state index >= 15 is 0 Å². The highest BCUT2D eigenvalue weighted by molar-refractivity contribution is 6.32. The van der Waals surface area contributed by atoms with Crippen LogP contribution in [0.3, 0.4) is 0 Å². The van der Waals surface area contributed by atoms with E-state index in [0.717, 1.165) is 5.57 Å². The second-order valence-electron chi connectivity index (χ2n) is 6.03. The molecule has 110 valence electrons. The molecule has 21 heavy (non-hydrogen) atoms. The fourth-order valence-electron chi connectivity index (χ4n) is 3.67. The van der Waals surface area contributed by atoms with Crippen molar-refractivity contribution >= 4 is 17.3 Å². The van der Waals surface area contributed by atoms with Crippen LogP contribution in [0.4, 0.5) is 0 Å². The highest BCUT2D eigenvalue weighted by Gasteiger charge is 2.62. The number of hydrogen-bond donors (Lipinski definition) is 0. The molecule has 0 amide bonds. The Morgan fingerprint density at radius 3 is 2.48 bits per heavy atom. The van der Waals surface area contributed by atoms with Crippen LogP contribution in [0.2, 0.25) is 0 Å². The van der Waals surface area contributed by atoms with Gasteiger partial charge in [-0.2, -0.15) is 0 Å². The molecule has 0 aliphatic heterocycles. The van der Waals surface area contributed by atoms with Gasteiger partial charge in [-0.1, -0.05) is 30.4 Å². The summed E-state index contributed by atoms with van der Waals surface area (Å²) in [5, 5.41) is 0. The second kappa shape index (κ2) is 5.06. The lowest BCUT2D eigenvalue weighted by Crippen LogP contribution is -2.58. The molecule has 0 N–H and O–H groups in total.